The number of hydrogen-bond donors (Lipinski definition) is 1. The molecule has 1 amide bonds. The van der Waals surface area contributed by atoms with E-state index in [-0.39, 0.29) is 17.0 Å². The maximum atomic E-state index is 13.7. The Morgan fingerprint density at radius 2 is 1.70 bits per heavy atom. The fourth-order valence-corrected chi connectivity index (χ4v) is 2.96. The molecule has 0 atom stereocenters. The van der Waals surface area contributed by atoms with Crippen LogP contribution in [-0.4, -0.2) is 33.5 Å². The molecule has 0 unspecified atom stereocenters. The van der Waals surface area contributed by atoms with Gasteiger partial charge >= 0.3 is 5.97 Å². The third-order valence-corrected chi connectivity index (χ3v) is 4.56. The minimum atomic E-state index is -0.790. The van der Waals surface area contributed by atoms with Crippen LogP contribution in [0, 0.1) is 5.82 Å². The fraction of sp³-hybridized carbons (Fsp3) is 0.0870. The van der Waals surface area contributed by atoms with Gasteiger partial charge in [0.25, 0.3) is 11.5 Å². The molecule has 4 aromatic rings. The summed E-state index contributed by atoms with van der Waals surface area (Å²) in [5, 5.41) is 10.4. The number of nitrogens with one attached hydrogen (secondary N) is 1. The van der Waals surface area contributed by atoms with Crippen molar-refractivity contribution in [2.45, 2.75) is 6.73 Å². The van der Waals surface area contributed by atoms with Crippen molar-refractivity contribution < 1.29 is 23.5 Å². The molecule has 3 aromatic carbocycles. The van der Waals surface area contributed by atoms with Crippen LogP contribution in [0.3, 0.4) is 0 Å². The Kier molecular flexibility index (Phi) is 6.35. The van der Waals surface area contributed by atoms with Gasteiger partial charge in [-0.15, -0.1) is 5.10 Å². The molecular formula is C23H17FN4O5. The molecule has 0 aliphatic carbocycles. The summed E-state index contributed by atoms with van der Waals surface area (Å²) >= 11 is 0. The van der Waals surface area contributed by atoms with Crippen LogP contribution in [0.1, 0.15) is 10.4 Å². The van der Waals surface area contributed by atoms with Crippen molar-refractivity contribution in [1.29, 1.82) is 0 Å². The zero-order valence-electron chi connectivity index (χ0n) is 17.1. The van der Waals surface area contributed by atoms with Crippen molar-refractivity contribution in [2.75, 3.05) is 11.9 Å². The summed E-state index contributed by atoms with van der Waals surface area (Å²) in [6.45, 7) is -0.925. The average molecular weight is 448 g/mol. The van der Waals surface area contributed by atoms with E-state index < -0.39 is 36.6 Å². The highest BCUT2D eigenvalue weighted by Crippen LogP contribution is 2.19. The van der Waals surface area contributed by atoms with Gasteiger partial charge in [0.15, 0.2) is 13.3 Å². The number of ether oxygens (including phenoxy) is 2. The van der Waals surface area contributed by atoms with Gasteiger partial charge in [0, 0.05) is 0 Å². The van der Waals surface area contributed by atoms with Crippen LogP contribution >= 0.6 is 0 Å². The molecule has 33 heavy (non-hydrogen) atoms. The number of fused-ring (bicyclic) bond motifs is 1. The third-order valence-electron chi connectivity index (χ3n) is 4.56. The Bertz CT molecular complexity index is 1390. The number of esters is 1. The molecule has 1 aromatic heterocycles. The Morgan fingerprint density at radius 1 is 0.970 bits per heavy atom. The minimum Gasteiger partial charge on any atom is -0.483 e. The van der Waals surface area contributed by atoms with Crippen molar-refractivity contribution in [2.24, 2.45) is 0 Å². The maximum Gasteiger partial charge on any atom is 0.343 e. The quantitative estimate of drug-likeness (QED) is 0.433. The van der Waals surface area contributed by atoms with Crippen molar-refractivity contribution in [3.8, 4) is 5.75 Å². The Morgan fingerprint density at radius 3 is 2.55 bits per heavy atom. The first-order chi connectivity index (χ1) is 16.0. The highest BCUT2D eigenvalue weighted by atomic mass is 19.1. The van der Waals surface area contributed by atoms with E-state index in [1.54, 1.807) is 42.5 Å². The normalized spacial score (nSPS) is 10.6. The third kappa shape index (κ3) is 5.01. The largest absolute Gasteiger partial charge is 0.483 e. The molecule has 0 aliphatic rings. The zero-order valence-corrected chi connectivity index (χ0v) is 17.1. The number of carbonyl (C=O) groups excluding carboxylic acids is 2. The summed E-state index contributed by atoms with van der Waals surface area (Å²) in [7, 11) is 0. The molecule has 0 fully saturated rings. The van der Waals surface area contributed by atoms with Gasteiger partial charge in [0.1, 0.15) is 22.6 Å². The van der Waals surface area contributed by atoms with Crippen molar-refractivity contribution in [1.82, 2.24) is 15.0 Å². The van der Waals surface area contributed by atoms with Crippen LogP contribution in [0.5, 0.6) is 5.75 Å². The highest BCUT2D eigenvalue weighted by Gasteiger charge is 2.16. The Hall–Kier alpha value is -4.60. The molecule has 0 bridgehead atoms. The van der Waals surface area contributed by atoms with Gasteiger partial charge < -0.3 is 14.8 Å². The van der Waals surface area contributed by atoms with Crippen LogP contribution in [0.2, 0.25) is 0 Å². The van der Waals surface area contributed by atoms with E-state index in [2.05, 4.69) is 15.6 Å². The lowest BCUT2D eigenvalue weighted by molar-refractivity contribution is -0.118. The number of amides is 1. The Labute approximate surface area is 186 Å². The summed E-state index contributed by atoms with van der Waals surface area (Å²) in [6, 6.07) is 18.5. The summed E-state index contributed by atoms with van der Waals surface area (Å²) < 4.78 is 25.2. The summed E-state index contributed by atoms with van der Waals surface area (Å²) in [4.78, 5) is 37.1. The SMILES string of the molecule is O=C(COc1ccccc1C(=O)OCn1nnc2ccccc2c1=O)Nc1ccccc1F. The molecule has 1 heterocycles. The molecule has 0 radical (unpaired) electrons. The van der Waals surface area contributed by atoms with Gasteiger partial charge in [-0.1, -0.05) is 41.6 Å². The lowest BCUT2D eigenvalue weighted by Gasteiger charge is -2.12. The van der Waals surface area contributed by atoms with Gasteiger partial charge in [-0.05, 0) is 36.4 Å². The molecule has 0 aliphatic heterocycles. The number of benzene rings is 3. The van der Waals surface area contributed by atoms with Crippen LogP contribution in [0.4, 0.5) is 10.1 Å². The first-order valence-electron chi connectivity index (χ1n) is 9.79. The van der Waals surface area contributed by atoms with Crippen LogP contribution in [-0.2, 0) is 16.3 Å². The van der Waals surface area contributed by atoms with E-state index in [0.717, 1.165) is 4.68 Å². The van der Waals surface area contributed by atoms with E-state index in [1.807, 2.05) is 0 Å². The number of halogens is 1. The molecule has 166 valence electrons. The Balaban J connectivity index is 1.41. The van der Waals surface area contributed by atoms with Crippen LogP contribution in [0.25, 0.3) is 10.9 Å². The first kappa shape index (κ1) is 21.6. The number of nitrogens with zero attached hydrogens (tertiary/aromatic N) is 3. The standard InChI is InChI=1S/C23H17FN4O5/c24-17-9-3-5-11-19(17)25-21(29)13-32-20-12-6-2-8-16(20)23(31)33-14-28-22(30)15-7-1-4-10-18(15)26-27-28/h1-12H,13-14H2,(H,25,29). The summed E-state index contributed by atoms with van der Waals surface area (Å²) in [6.07, 6.45) is 0. The van der Waals surface area contributed by atoms with E-state index >= 15 is 0 Å². The fourth-order valence-electron chi connectivity index (χ4n) is 2.96. The topological polar surface area (TPSA) is 112 Å². The van der Waals surface area contributed by atoms with Gasteiger partial charge in [-0.3, -0.25) is 9.59 Å². The van der Waals surface area contributed by atoms with Gasteiger partial charge in [0.2, 0.25) is 0 Å². The van der Waals surface area contributed by atoms with Crippen molar-refractivity contribution >= 4 is 28.5 Å². The van der Waals surface area contributed by atoms with E-state index in [4.69, 9.17) is 9.47 Å². The van der Waals surface area contributed by atoms with E-state index in [0.29, 0.717) is 10.9 Å². The lowest BCUT2D eigenvalue weighted by Crippen LogP contribution is -2.26. The number of carbonyl (C=O) groups is 2. The second-order valence-corrected chi connectivity index (χ2v) is 6.79. The molecule has 10 heteroatoms. The molecular weight excluding hydrogens is 431 g/mol. The van der Waals surface area contributed by atoms with Gasteiger partial charge in [0.05, 0.1) is 11.1 Å². The van der Waals surface area contributed by atoms with E-state index in [9.17, 15) is 18.8 Å². The van der Waals surface area contributed by atoms with E-state index in [1.165, 1.54) is 30.3 Å². The predicted octanol–water partition coefficient (Wildman–Crippen LogP) is 2.76. The minimum absolute atomic E-state index is 0.0146. The predicted molar refractivity (Wildman–Crippen MR) is 116 cm³/mol. The maximum absolute atomic E-state index is 13.7. The average Bonchev–Trinajstić information content (AvgIpc) is 2.84. The monoisotopic (exact) mass is 448 g/mol. The summed E-state index contributed by atoms with van der Waals surface area (Å²) in [5.41, 5.74) is 0.0268. The van der Waals surface area contributed by atoms with Crippen LogP contribution < -0.4 is 15.6 Å². The number of hydrogen-bond acceptors (Lipinski definition) is 7. The lowest BCUT2D eigenvalue weighted by atomic mass is 10.2. The number of aromatic nitrogens is 3. The molecule has 1 N–H and O–H groups in total. The molecule has 9 nitrogen and oxygen atoms in total. The zero-order chi connectivity index (χ0) is 23.2. The molecule has 4 rings (SSSR count). The number of anilines is 1. The molecule has 0 saturated carbocycles. The smallest absolute Gasteiger partial charge is 0.343 e. The number of rotatable bonds is 7. The molecule has 0 saturated heterocycles. The second-order valence-electron chi connectivity index (χ2n) is 6.79. The van der Waals surface area contributed by atoms with Gasteiger partial charge in [-0.2, -0.15) is 4.68 Å². The van der Waals surface area contributed by atoms with Crippen LogP contribution in [0.15, 0.2) is 77.6 Å². The summed E-state index contributed by atoms with van der Waals surface area (Å²) in [5.74, 6) is -1.90. The van der Waals surface area contributed by atoms with Gasteiger partial charge in [-0.25, -0.2) is 9.18 Å². The highest BCUT2D eigenvalue weighted by molar-refractivity contribution is 5.94. The second kappa shape index (κ2) is 9.69. The molecule has 0 spiro atoms. The van der Waals surface area contributed by atoms with Crippen molar-refractivity contribution in [3.05, 3.63) is 94.5 Å². The first-order valence-corrected chi connectivity index (χ1v) is 9.79. The number of para-hydroxylation sites is 2. The van der Waals surface area contributed by atoms with Crippen molar-refractivity contribution in [3.63, 3.8) is 0 Å².